The maximum absolute atomic E-state index is 5.82. The van der Waals surface area contributed by atoms with Crippen LogP contribution in [0.1, 0.15) is 29.8 Å². The van der Waals surface area contributed by atoms with Gasteiger partial charge in [0.25, 0.3) is 0 Å². The average Bonchev–Trinajstić information content (AvgIpc) is 3.19. The first kappa shape index (κ1) is 18.6. The zero-order valence-electron chi connectivity index (χ0n) is 16.3. The number of nitrogens with zero attached hydrogens (tertiary/aromatic N) is 2. The monoisotopic (exact) mass is 391 g/mol. The van der Waals surface area contributed by atoms with Crippen molar-refractivity contribution in [3.8, 4) is 5.75 Å². The minimum absolute atomic E-state index is 0.0740. The van der Waals surface area contributed by atoms with Crippen molar-refractivity contribution in [3.63, 3.8) is 0 Å². The number of hydrogen-bond acceptors (Lipinski definition) is 2. The number of ether oxygens (including phenoxy) is 1. The fraction of sp³-hybridized carbons (Fsp3) is 0.261. The Morgan fingerprint density at radius 1 is 1.07 bits per heavy atom. The topological polar surface area (TPSA) is 29.4 Å². The van der Waals surface area contributed by atoms with E-state index in [9.17, 15) is 0 Å². The molecule has 0 amide bonds. The van der Waals surface area contributed by atoms with E-state index in [4.69, 9.17) is 17.0 Å². The molecule has 0 radical (unpaired) electrons. The molecular weight excluding hydrogens is 366 g/mol. The highest BCUT2D eigenvalue weighted by atomic mass is 32.1. The van der Waals surface area contributed by atoms with Crippen LogP contribution < -0.4 is 10.1 Å². The molecule has 1 N–H and O–H groups in total. The number of aromatic nitrogens is 1. The van der Waals surface area contributed by atoms with Crippen molar-refractivity contribution in [3.05, 3.63) is 83.7 Å². The van der Waals surface area contributed by atoms with Crippen LogP contribution in [-0.4, -0.2) is 27.7 Å². The molecule has 2 heterocycles. The van der Waals surface area contributed by atoms with Crippen molar-refractivity contribution in [2.24, 2.45) is 0 Å². The zero-order valence-corrected chi connectivity index (χ0v) is 17.1. The number of nitrogens with one attached hydrogen (secondary N) is 1. The Morgan fingerprint density at radius 3 is 2.54 bits per heavy atom. The average molecular weight is 392 g/mol. The molecule has 3 aromatic rings. The molecule has 0 saturated heterocycles. The molecule has 0 fully saturated rings. The third kappa shape index (κ3) is 3.76. The Kier molecular flexibility index (Phi) is 5.35. The Labute approximate surface area is 171 Å². The van der Waals surface area contributed by atoms with Crippen LogP contribution >= 0.6 is 12.2 Å². The van der Waals surface area contributed by atoms with Crippen molar-refractivity contribution in [1.82, 2.24) is 9.47 Å². The molecular formula is C23H25N3OS. The number of benzene rings is 2. The second-order valence-corrected chi connectivity index (χ2v) is 7.41. The highest BCUT2D eigenvalue weighted by molar-refractivity contribution is 7.80. The van der Waals surface area contributed by atoms with Gasteiger partial charge in [0.2, 0.25) is 0 Å². The van der Waals surface area contributed by atoms with Crippen molar-refractivity contribution in [1.29, 1.82) is 0 Å². The molecule has 0 saturated carbocycles. The van der Waals surface area contributed by atoms with Crippen LogP contribution in [0.2, 0.25) is 0 Å². The first-order valence-electron chi connectivity index (χ1n) is 9.68. The first-order valence-corrected chi connectivity index (χ1v) is 10.1. The summed E-state index contributed by atoms with van der Waals surface area (Å²) >= 11 is 5.82. The van der Waals surface area contributed by atoms with Gasteiger partial charge in [-0.2, -0.15) is 0 Å². The standard InChI is InChI=1S/C23H25N3OS/c1-3-27-20-12-8-18(9-13-20)22-21-5-4-14-25(21)15-16-26(22)23(28)24-19-10-6-17(2)7-11-19/h4-14,22H,3,15-16H2,1-2H3,(H,24,28)/t22-/m1/s1. The Bertz CT molecular complexity index is 947. The minimum Gasteiger partial charge on any atom is -0.494 e. The molecule has 0 unspecified atom stereocenters. The van der Waals surface area contributed by atoms with Gasteiger partial charge in [-0.15, -0.1) is 0 Å². The molecule has 5 heteroatoms. The van der Waals surface area contributed by atoms with Crippen LogP contribution in [0.15, 0.2) is 66.9 Å². The van der Waals surface area contributed by atoms with Crippen LogP contribution in [0.3, 0.4) is 0 Å². The van der Waals surface area contributed by atoms with Crippen LogP contribution in [0.5, 0.6) is 5.75 Å². The molecule has 0 bridgehead atoms. The smallest absolute Gasteiger partial charge is 0.174 e. The van der Waals surface area contributed by atoms with Gasteiger partial charge in [-0.1, -0.05) is 29.8 Å². The van der Waals surface area contributed by atoms with E-state index in [1.165, 1.54) is 16.8 Å². The maximum Gasteiger partial charge on any atom is 0.174 e. The lowest BCUT2D eigenvalue weighted by Crippen LogP contribution is -2.44. The molecule has 4 nitrogen and oxygen atoms in total. The van der Waals surface area contributed by atoms with Gasteiger partial charge in [0.15, 0.2) is 5.11 Å². The van der Waals surface area contributed by atoms with Crippen LogP contribution in [0.25, 0.3) is 0 Å². The molecule has 0 aliphatic carbocycles. The van der Waals surface area contributed by atoms with E-state index in [1.54, 1.807) is 0 Å². The van der Waals surface area contributed by atoms with Gasteiger partial charge in [-0.25, -0.2) is 0 Å². The number of rotatable bonds is 4. The van der Waals surface area contributed by atoms with Crippen molar-refractivity contribution < 1.29 is 4.74 Å². The summed E-state index contributed by atoms with van der Waals surface area (Å²) in [4.78, 5) is 2.28. The van der Waals surface area contributed by atoms with Gasteiger partial charge in [-0.05, 0) is 68.0 Å². The van der Waals surface area contributed by atoms with Crippen molar-refractivity contribution in [2.75, 3.05) is 18.5 Å². The maximum atomic E-state index is 5.82. The number of anilines is 1. The van der Waals surface area contributed by atoms with Crippen LogP contribution in [-0.2, 0) is 6.54 Å². The predicted octanol–water partition coefficient (Wildman–Crippen LogP) is 5.00. The molecule has 144 valence electrons. The van der Waals surface area contributed by atoms with E-state index in [0.717, 1.165) is 29.6 Å². The third-order valence-electron chi connectivity index (χ3n) is 5.11. The number of fused-ring (bicyclic) bond motifs is 1. The van der Waals surface area contributed by atoms with Crippen LogP contribution in [0, 0.1) is 6.92 Å². The van der Waals surface area contributed by atoms with E-state index in [0.29, 0.717) is 6.61 Å². The van der Waals surface area contributed by atoms with Crippen molar-refractivity contribution in [2.45, 2.75) is 26.4 Å². The van der Waals surface area contributed by atoms with E-state index < -0.39 is 0 Å². The fourth-order valence-electron chi connectivity index (χ4n) is 3.70. The van der Waals surface area contributed by atoms with Gasteiger partial charge >= 0.3 is 0 Å². The fourth-order valence-corrected chi connectivity index (χ4v) is 4.01. The lowest BCUT2D eigenvalue weighted by atomic mass is 10.00. The van der Waals surface area contributed by atoms with Gasteiger partial charge in [0.05, 0.1) is 12.6 Å². The summed E-state index contributed by atoms with van der Waals surface area (Å²) in [5.41, 5.74) is 4.71. The largest absolute Gasteiger partial charge is 0.494 e. The summed E-state index contributed by atoms with van der Waals surface area (Å²) in [5.74, 6) is 0.893. The Balaban J connectivity index is 1.63. The summed E-state index contributed by atoms with van der Waals surface area (Å²) in [6.07, 6.45) is 2.14. The number of aryl methyl sites for hydroxylation is 1. The predicted molar refractivity (Wildman–Crippen MR) is 118 cm³/mol. The Morgan fingerprint density at radius 2 is 1.82 bits per heavy atom. The van der Waals surface area contributed by atoms with E-state index in [1.807, 2.05) is 19.1 Å². The summed E-state index contributed by atoms with van der Waals surface area (Å²) in [7, 11) is 0. The highest BCUT2D eigenvalue weighted by Gasteiger charge is 2.30. The number of hydrogen-bond donors (Lipinski definition) is 1. The summed E-state index contributed by atoms with van der Waals surface area (Å²) in [5, 5.41) is 4.16. The molecule has 4 rings (SSSR count). The second-order valence-electron chi connectivity index (χ2n) is 7.02. The molecule has 28 heavy (non-hydrogen) atoms. The highest BCUT2D eigenvalue weighted by Crippen LogP contribution is 2.33. The van der Waals surface area contributed by atoms with Gasteiger partial charge in [0, 0.05) is 30.7 Å². The molecule has 1 aliphatic heterocycles. The third-order valence-corrected chi connectivity index (χ3v) is 5.45. The molecule has 2 aromatic carbocycles. The summed E-state index contributed by atoms with van der Waals surface area (Å²) < 4.78 is 7.92. The quantitative estimate of drug-likeness (QED) is 0.634. The minimum atomic E-state index is 0.0740. The first-order chi connectivity index (χ1) is 13.7. The van der Waals surface area contributed by atoms with E-state index in [2.05, 4.69) is 76.4 Å². The van der Waals surface area contributed by atoms with E-state index >= 15 is 0 Å². The lowest BCUT2D eigenvalue weighted by molar-refractivity contribution is 0.293. The van der Waals surface area contributed by atoms with Crippen molar-refractivity contribution >= 4 is 23.0 Å². The van der Waals surface area contributed by atoms with Crippen LogP contribution in [0.4, 0.5) is 5.69 Å². The zero-order chi connectivity index (χ0) is 19.5. The molecule has 1 aliphatic rings. The Hall–Kier alpha value is -2.79. The van der Waals surface area contributed by atoms with Gasteiger partial charge < -0.3 is 19.5 Å². The molecule has 1 aromatic heterocycles. The normalized spacial score (nSPS) is 15.8. The lowest BCUT2D eigenvalue weighted by Gasteiger charge is -2.39. The van der Waals surface area contributed by atoms with Gasteiger partial charge in [0.1, 0.15) is 5.75 Å². The summed E-state index contributed by atoms with van der Waals surface area (Å²) in [6, 6.07) is 21.0. The molecule has 1 atom stereocenters. The number of thiocarbonyl (C=S) groups is 1. The molecule has 0 spiro atoms. The second kappa shape index (κ2) is 8.07. The van der Waals surface area contributed by atoms with E-state index in [-0.39, 0.29) is 6.04 Å². The SMILES string of the molecule is CCOc1ccc([C@@H]2c3cccn3CCN2C(=S)Nc2ccc(C)cc2)cc1. The van der Waals surface area contributed by atoms with Gasteiger partial charge in [-0.3, -0.25) is 0 Å². The summed E-state index contributed by atoms with van der Waals surface area (Å²) in [6.45, 7) is 6.53.